The molecule has 1 aromatic carbocycles. The predicted octanol–water partition coefficient (Wildman–Crippen LogP) is 4.15. The highest BCUT2D eigenvalue weighted by atomic mass is 35.5. The van der Waals surface area contributed by atoms with Crippen LogP contribution in [0.25, 0.3) is 11.5 Å². The molecule has 0 bridgehead atoms. The molecule has 0 aliphatic carbocycles. The minimum absolute atomic E-state index is 0.182. The molecule has 1 atom stereocenters. The molecule has 3 nitrogen and oxygen atoms in total. The minimum atomic E-state index is -0.182. The summed E-state index contributed by atoms with van der Waals surface area (Å²) in [7, 11) is 0. The lowest BCUT2D eigenvalue weighted by molar-refractivity contribution is 0.421. The normalized spacial score (nSPS) is 12.6. The van der Waals surface area contributed by atoms with E-state index in [1.54, 1.807) is 11.8 Å². The average molecular weight is 269 g/mol. The van der Waals surface area contributed by atoms with Crippen LogP contribution >= 0.6 is 23.4 Å². The Bertz CT molecular complexity index is 484. The molecule has 2 aromatic rings. The molecule has 17 heavy (non-hydrogen) atoms. The Morgan fingerprint density at radius 1 is 1.35 bits per heavy atom. The van der Waals surface area contributed by atoms with Gasteiger partial charge in [0, 0.05) is 10.5 Å². The third-order valence-corrected chi connectivity index (χ3v) is 3.66. The second-order valence-corrected chi connectivity index (χ2v) is 4.97. The average Bonchev–Trinajstić information content (AvgIpc) is 2.87. The molecule has 0 aliphatic rings. The molecule has 90 valence electrons. The summed E-state index contributed by atoms with van der Waals surface area (Å²) in [5, 5.41) is 3.70. The maximum absolute atomic E-state index is 6.05. The van der Waals surface area contributed by atoms with Crippen molar-refractivity contribution in [1.29, 1.82) is 0 Å². The van der Waals surface area contributed by atoms with Gasteiger partial charge in [0.05, 0.1) is 5.38 Å². The molecule has 0 N–H and O–H groups in total. The van der Waals surface area contributed by atoms with E-state index in [2.05, 4.69) is 10.1 Å². The Kier molecular flexibility index (Phi) is 4.07. The summed E-state index contributed by atoms with van der Waals surface area (Å²) >= 11 is 7.75. The molecule has 5 heteroatoms. The fraction of sp³-hybridized carbons (Fsp3) is 0.333. The van der Waals surface area contributed by atoms with E-state index < -0.39 is 0 Å². The van der Waals surface area contributed by atoms with E-state index in [0.29, 0.717) is 11.7 Å². The summed E-state index contributed by atoms with van der Waals surface area (Å²) in [6, 6.07) is 8.00. The van der Waals surface area contributed by atoms with E-state index in [1.165, 1.54) is 4.90 Å². The van der Waals surface area contributed by atoms with Gasteiger partial charge in [-0.05, 0) is 36.9 Å². The van der Waals surface area contributed by atoms with E-state index in [4.69, 9.17) is 16.1 Å². The molecular weight excluding hydrogens is 256 g/mol. The second kappa shape index (κ2) is 5.56. The van der Waals surface area contributed by atoms with Crippen LogP contribution in [0.1, 0.15) is 24.5 Å². The first kappa shape index (κ1) is 12.5. The van der Waals surface area contributed by atoms with E-state index in [-0.39, 0.29) is 5.38 Å². The number of hydrogen-bond donors (Lipinski definition) is 0. The van der Waals surface area contributed by atoms with Crippen LogP contribution in [-0.4, -0.2) is 16.4 Å². The lowest BCUT2D eigenvalue weighted by Gasteiger charge is -1.97. The van der Waals surface area contributed by atoms with Crippen LogP contribution in [-0.2, 0) is 0 Å². The quantitative estimate of drug-likeness (QED) is 0.617. The lowest BCUT2D eigenvalue weighted by Crippen LogP contribution is -1.90. The van der Waals surface area contributed by atoms with Crippen molar-refractivity contribution in [2.75, 3.05) is 6.26 Å². The fourth-order valence-electron chi connectivity index (χ4n) is 1.40. The van der Waals surface area contributed by atoms with E-state index >= 15 is 0 Å². The first-order valence-corrected chi connectivity index (χ1v) is 7.02. The number of benzene rings is 1. The highest BCUT2D eigenvalue weighted by molar-refractivity contribution is 7.98. The molecule has 1 heterocycles. The monoisotopic (exact) mass is 268 g/mol. The Hall–Kier alpha value is -1.00. The summed E-state index contributed by atoms with van der Waals surface area (Å²) < 4.78 is 5.19. The van der Waals surface area contributed by atoms with Crippen molar-refractivity contribution < 1.29 is 4.52 Å². The zero-order valence-electron chi connectivity index (χ0n) is 9.68. The third-order valence-electron chi connectivity index (χ3n) is 2.42. The SMILES string of the molecule is CCC(Cl)c1noc(-c2ccc(SC)cc2)n1. The van der Waals surface area contributed by atoms with Crippen molar-refractivity contribution in [2.45, 2.75) is 23.6 Å². The maximum atomic E-state index is 6.05. The summed E-state index contributed by atoms with van der Waals surface area (Å²) in [6.07, 6.45) is 2.82. The molecule has 1 aromatic heterocycles. The Morgan fingerprint density at radius 2 is 2.06 bits per heavy atom. The van der Waals surface area contributed by atoms with Gasteiger partial charge >= 0.3 is 0 Å². The maximum Gasteiger partial charge on any atom is 0.257 e. The van der Waals surface area contributed by atoms with Crippen LogP contribution in [0.4, 0.5) is 0 Å². The highest BCUT2D eigenvalue weighted by Crippen LogP contribution is 2.25. The standard InChI is InChI=1S/C12H13ClN2OS/c1-3-10(13)11-14-12(16-15-11)8-4-6-9(17-2)7-5-8/h4-7,10H,3H2,1-2H3. The van der Waals surface area contributed by atoms with Crippen molar-refractivity contribution in [3.8, 4) is 11.5 Å². The molecular formula is C12H13ClN2OS. The molecule has 0 fully saturated rings. The molecule has 0 aliphatic heterocycles. The number of rotatable bonds is 4. The molecule has 1 unspecified atom stereocenters. The van der Waals surface area contributed by atoms with Gasteiger partial charge < -0.3 is 4.52 Å². The zero-order chi connectivity index (χ0) is 12.3. The predicted molar refractivity (Wildman–Crippen MR) is 70.4 cm³/mol. The highest BCUT2D eigenvalue weighted by Gasteiger charge is 2.14. The zero-order valence-corrected chi connectivity index (χ0v) is 11.3. The van der Waals surface area contributed by atoms with E-state index in [9.17, 15) is 0 Å². The van der Waals surface area contributed by atoms with Crippen LogP contribution in [0.5, 0.6) is 0 Å². The van der Waals surface area contributed by atoms with E-state index in [0.717, 1.165) is 12.0 Å². The van der Waals surface area contributed by atoms with Crippen molar-refractivity contribution in [3.63, 3.8) is 0 Å². The molecule has 0 saturated carbocycles. The molecule has 0 saturated heterocycles. The van der Waals surface area contributed by atoms with Gasteiger partial charge in [-0.25, -0.2) is 0 Å². The number of alkyl halides is 1. The van der Waals surface area contributed by atoms with Gasteiger partial charge in [0.25, 0.3) is 5.89 Å². The number of hydrogen-bond acceptors (Lipinski definition) is 4. The van der Waals surface area contributed by atoms with Crippen LogP contribution < -0.4 is 0 Å². The number of thioether (sulfide) groups is 1. The lowest BCUT2D eigenvalue weighted by atomic mass is 10.2. The summed E-state index contributed by atoms with van der Waals surface area (Å²) in [5.41, 5.74) is 0.918. The minimum Gasteiger partial charge on any atom is -0.334 e. The number of halogens is 1. The smallest absolute Gasteiger partial charge is 0.257 e. The van der Waals surface area contributed by atoms with Gasteiger partial charge in [-0.1, -0.05) is 12.1 Å². The van der Waals surface area contributed by atoms with Gasteiger partial charge in [0.1, 0.15) is 0 Å². The Balaban J connectivity index is 2.24. The summed E-state index contributed by atoms with van der Waals surface area (Å²) in [4.78, 5) is 5.50. The van der Waals surface area contributed by atoms with Gasteiger partial charge in [-0.2, -0.15) is 4.98 Å². The van der Waals surface area contributed by atoms with Crippen molar-refractivity contribution in [3.05, 3.63) is 30.1 Å². The van der Waals surface area contributed by atoms with Gasteiger partial charge in [0.15, 0.2) is 5.82 Å². The number of nitrogens with zero attached hydrogens (tertiary/aromatic N) is 2. The van der Waals surface area contributed by atoms with E-state index in [1.807, 2.05) is 37.4 Å². The third kappa shape index (κ3) is 2.82. The molecule has 0 radical (unpaired) electrons. The molecule has 0 spiro atoms. The summed E-state index contributed by atoms with van der Waals surface area (Å²) in [5.74, 6) is 1.07. The Labute approximate surface area is 110 Å². The van der Waals surface area contributed by atoms with Gasteiger partial charge in [-0.15, -0.1) is 23.4 Å². The molecule has 2 rings (SSSR count). The Morgan fingerprint density at radius 3 is 2.65 bits per heavy atom. The second-order valence-electron chi connectivity index (χ2n) is 3.56. The van der Waals surface area contributed by atoms with Crippen molar-refractivity contribution in [1.82, 2.24) is 10.1 Å². The van der Waals surface area contributed by atoms with Crippen molar-refractivity contribution in [2.24, 2.45) is 0 Å². The first-order chi connectivity index (χ1) is 8.24. The number of aromatic nitrogens is 2. The van der Waals surface area contributed by atoms with Gasteiger partial charge in [-0.3, -0.25) is 0 Å². The first-order valence-electron chi connectivity index (χ1n) is 5.36. The van der Waals surface area contributed by atoms with Crippen LogP contribution in [0.2, 0.25) is 0 Å². The van der Waals surface area contributed by atoms with Crippen LogP contribution in [0.15, 0.2) is 33.7 Å². The van der Waals surface area contributed by atoms with Gasteiger partial charge in [0.2, 0.25) is 0 Å². The molecule has 0 amide bonds. The van der Waals surface area contributed by atoms with Crippen LogP contribution in [0, 0.1) is 0 Å². The van der Waals surface area contributed by atoms with Crippen LogP contribution in [0.3, 0.4) is 0 Å². The topological polar surface area (TPSA) is 38.9 Å². The summed E-state index contributed by atoms with van der Waals surface area (Å²) in [6.45, 7) is 1.99. The van der Waals surface area contributed by atoms with Crippen molar-refractivity contribution >= 4 is 23.4 Å². The fourth-order valence-corrected chi connectivity index (χ4v) is 1.89. The largest absolute Gasteiger partial charge is 0.334 e.